The van der Waals surface area contributed by atoms with Crippen LogP contribution in [0.5, 0.6) is 0 Å². The summed E-state index contributed by atoms with van der Waals surface area (Å²) >= 11 is 0. The number of hydrogen-bond acceptors (Lipinski definition) is 3. The van der Waals surface area contributed by atoms with E-state index in [1.807, 2.05) is 12.1 Å². The van der Waals surface area contributed by atoms with Crippen molar-refractivity contribution in [1.82, 2.24) is 10.3 Å². The second-order valence-electron chi connectivity index (χ2n) is 5.77. The van der Waals surface area contributed by atoms with Gasteiger partial charge in [-0.2, -0.15) is 0 Å². The van der Waals surface area contributed by atoms with Crippen LogP contribution in [0.4, 0.5) is 5.69 Å². The summed E-state index contributed by atoms with van der Waals surface area (Å²) in [6, 6.07) is 10.2. The van der Waals surface area contributed by atoms with Gasteiger partial charge in [-0.15, -0.1) is 0 Å². The van der Waals surface area contributed by atoms with Crippen molar-refractivity contribution in [3.63, 3.8) is 0 Å². The lowest BCUT2D eigenvalue weighted by atomic mass is 10.1. The highest BCUT2D eigenvalue weighted by molar-refractivity contribution is 5.94. The van der Waals surface area contributed by atoms with Gasteiger partial charge in [0.05, 0.1) is 11.3 Å². The van der Waals surface area contributed by atoms with E-state index in [0.29, 0.717) is 18.7 Å². The fourth-order valence-corrected chi connectivity index (χ4v) is 2.37. The summed E-state index contributed by atoms with van der Waals surface area (Å²) in [4.78, 5) is 16.3. The molecule has 0 spiro atoms. The summed E-state index contributed by atoms with van der Waals surface area (Å²) in [6.07, 6.45) is 6.64. The van der Waals surface area contributed by atoms with Crippen molar-refractivity contribution in [3.05, 3.63) is 59.4 Å². The van der Waals surface area contributed by atoms with Gasteiger partial charge in [-0.1, -0.05) is 49.6 Å². The van der Waals surface area contributed by atoms with Crippen molar-refractivity contribution >= 4 is 11.6 Å². The molecule has 0 unspecified atom stereocenters. The van der Waals surface area contributed by atoms with E-state index in [4.69, 9.17) is 0 Å². The predicted molar refractivity (Wildman–Crippen MR) is 94.6 cm³/mol. The quantitative estimate of drug-likeness (QED) is 0.726. The highest BCUT2D eigenvalue weighted by Gasteiger charge is 2.06. The van der Waals surface area contributed by atoms with Crippen LogP contribution in [0.3, 0.4) is 0 Å². The molecule has 23 heavy (non-hydrogen) atoms. The fourth-order valence-electron chi connectivity index (χ4n) is 2.37. The molecule has 0 aliphatic heterocycles. The third-order valence-electron chi connectivity index (χ3n) is 3.65. The molecule has 0 saturated heterocycles. The van der Waals surface area contributed by atoms with Gasteiger partial charge in [0.1, 0.15) is 0 Å². The second kappa shape index (κ2) is 8.93. The van der Waals surface area contributed by atoms with Gasteiger partial charge >= 0.3 is 0 Å². The van der Waals surface area contributed by atoms with E-state index in [-0.39, 0.29) is 5.91 Å². The third kappa shape index (κ3) is 5.74. The number of benzene rings is 1. The average Bonchev–Trinajstić information content (AvgIpc) is 2.57. The number of anilines is 1. The number of nitrogens with one attached hydrogen (secondary N) is 2. The Morgan fingerprint density at radius 1 is 1.17 bits per heavy atom. The maximum Gasteiger partial charge on any atom is 0.252 e. The second-order valence-corrected chi connectivity index (χ2v) is 5.77. The zero-order chi connectivity index (χ0) is 16.5. The predicted octanol–water partition coefficient (Wildman–Crippen LogP) is 3.92. The normalized spacial score (nSPS) is 10.3. The molecule has 0 radical (unpaired) electrons. The molecule has 1 heterocycles. The van der Waals surface area contributed by atoms with E-state index in [0.717, 1.165) is 24.9 Å². The molecule has 0 atom stereocenters. The Kier molecular flexibility index (Phi) is 6.60. The number of carbonyl (C=O) groups is 1. The molecule has 1 amide bonds. The summed E-state index contributed by atoms with van der Waals surface area (Å²) in [5.74, 6) is -0.0622. The van der Waals surface area contributed by atoms with Crippen molar-refractivity contribution < 1.29 is 4.79 Å². The molecule has 0 fully saturated rings. The third-order valence-corrected chi connectivity index (χ3v) is 3.65. The van der Waals surface area contributed by atoms with Crippen LogP contribution >= 0.6 is 0 Å². The Bertz CT molecular complexity index is 640. The van der Waals surface area contributed by atoms with Gasteiger partial charge in [-0.3, -0.25) is 9.78 Å². The summed E-state index contributed by atoms with van der Waals surface area (Å²) in [5.41, 5.74) is 3.89. The summed E-state index contributed by atoms with van der Waals surface area (Å²) < 4.78 is 0. The zero-order valence-electron chi connectivity index (χ0n) is 13.9. The van der Waals surface area contributed by atoms with Gasteiger partial charge in [0.25, 0.3) is 5.91 Å². The van der Waals surface area contributed by atoms with Gasteiger partial charge in [0.15, 0.2) is 0 Å². The Balaban J connectivity index is 1.90. The number of rotatable bonds is 8. The first kappa shape index (κ1) is 17.0. The Labute approximate surface area is 138 Å². The van der Waals surface area contributed by atoms with Gasteiger partial charge < -0.3 is 10.6 Å². The van der Waals surface area contributed by atoms with Gasteiger partial charge in [0.2, 0.25) is 0 Å². The van der Waals surface area contributed by atoms with Gasteiger partial charge in [-0.05, 0) is 25.0 Å². The van der Waals surface area contributed by atoms with Crippen molar-refractivity contribution in [2.75, 3.05) is 11.9 Å². The molecule has 0 aliphatic carbocycles. The summed E-state index contributed by atoms with van der Waals surface area (Å²) in [6.45, 7) is 5.65. The lowest BCUT2D eigenvalue weighted by Crippen LogP contribution is -2.24. The van der Waals surface area contributed by atoms with Gasteiger partial charge in [0, 0.05) is 25.5 Å². The van der Waals surface area contributed by atoms with E-state index in [9.17, 15) is 4.79 Å². The lowest BCUT2D eigenvalue weighted by Gasteiger charge is -2.09. The first-order valence-corrected chi connectivity index (χ1v) is 8.21. The van der Waals surface area contributed by atoms with Crippen molar-refractivity contribution in [1.29, 1.82) is 0 Å². The number of unbranched alkanes of at least 4 members (excludes halogenated alkanes) is 2. The minimum atomic E-state index is -0.0622. The van der Waals surface area contributed by atoms with Crippen LogP contribution in [-0.2, 0) is 6.54 Å². The van der Waals surface area contributed by atoms with Crippen molar-refractivity contribution in [2.24, 2.45) is 0 Å². The van der Waals surface area contributed by atoms with Crippen LogP contribution in [-0.4, -0.2) is 17.4 Å². The number of aryl methyl sites for hydroxylation is 1. The molecule has 0 aliphatic rings. The average molecular weight is 311 g/mol. The fraction of sp³-hybridized carbons (Fsp3) is 0.368. The highest BCUT2D eigenvalue weighted by Crippen LogP contribution is 2.11. The molecule has 2 N–H and O–H groups in total. The summed E-state index contributed by atoms with van der Waals surface area (Å²) in [7, 11) is 0. The highest BCUT2D eigenvalue weighted by atomic mass is 16.1. The number of carbonyl (C=O) groups excluding carboxylic acids is 1. The van der Waals surface area contributed by atoms with E-state index in [1.54, 1.807) is 12.4 Å². The van der Waals surface area contributed by atoms with Crippen LogP contribution in [0.1, 0.15) is 47.7 Å². The zero-order valence-corrected chi connectivity index (χ0v) is 13.9. The smallest absolute Gasteiger partial charge is 0.252 e. The maximum atomic E-state index is 12.1. The molecule has 4 heteroatoms. The number of hydrogen-bond donors (Lipinski definition) is 2. The Hall–Kier alpha value is -2.36. The molecule has 1 aromatic carbocycles. The Morgan fingerprint density at radius 2 is 2.04 bits per heavy atom. The van der Waals surface area contributed by atoms with Crippen LogP contribution in [0, 0.1) is 6.92 Å². The van der Waals surface area contributed by atoms with Crippen LogP contribution in [0.15, 0.2) is 42.7 Å². The minimum absolute atomic E-state index is 0.0622. The Morgan fingerprint density at radius 3 is 2.83 bits per heavy atom. The molecule has 0 saturated carbocycles. The minimum Gasteiger partial charge on any atom is -0.380 e. The largest absolute Gasteiger partial charge is 0.380 e. The first-order valence-electron chi connectivity index (χ1n) is 8.21. The number of nitrogens with zero attached hydrogens (tertiary/aromatic N) is 1. The van der Waals surface area contributed by atoms with E-state index in [1.165, 1.54) is 11.1 Å². The maximum absolute atomic E-state index is 12.1. The molecular formula is C19H25N3O. The molecule has 2 rings (SSSR count). The lowest BCUT2D eigenvalue weighted by molar-refractivity contribution is 0.0952. The molecule has 0 bridgehead atoms. The van der Waals surface area contributed by atoms with Crippen LogP contribution < -0.4 is 10.6 Å². The summed E-state index contributed by atoms with van der Waals surface area (Å²) in [5, 5.41) is 6.25. The van der Waals surface area contributed by atoms with Crippen LogP contribution in [0.2, 0.25) is 0 Å². The van der Waals surface area contributed by atoms with E-state index in [2.05, 4.69) is 47.7 Å². The molecule has 1 aromatic heterocycles. The molecule has 122 valence electrons. The number of aromatic nitrogens is 1. The standard InChI is InChI=1S/C19H25N3O/c1-3-4-5-9-21-19(23)17-11-18(14-20-13-17)22-12-16-8-6-7-15(2)10-16/h6-8,10-11,13-14,22H,3-5,9,12H2,1-2H3,(H,21,23). The molecule has 4 nitrogen and oxygen atoms in total. The molecular weight excluding hydrogens is 286 g/mol. The monoisotopic (exact) mass is 311 g/mol. The number of pyridine rings is 1. The molecule has 2 aromatic rings. The SMILES string of the molecule is CCCCCNC(=O)c1cncc(NCc2cccc(C)c2)c1. The van der Waals surface area contributed by atoms with Crippen molar-refractivity contribution in [2.45, 2.75) is 39.7 Å². The van der Waals surface area contributed by atoms with E-state index >= 15 is 0 Å². The van der Waals surface area contributed by atoms with Gasteiger partial charge in [-0.25, -0.2) is 0 Å². The van der Waals surface area contributed by atoms with Crippen molar-refractivity contribution in [3.8, 4) is 0 Å². The topological polar surface area (TPSA) is 54.0 Å². The number of amides is 1. The first-order chi connectivity index (χ1) is 11.2. The van der Waals surface area contributed by atoms with Crippen LogP contribution in [0.25, 0.3) is 0 Å². The van der Waals surface area contributed by atoms with E-state index < -0.39 is 0 Å².